The number of nitrogens with zero attached hydrogens (tertiary/aromatic N) is 1. The quantitative estimate of drug-likeness (QED) is 0.880. The van der Waals surface area contributed by atoms with Gasteiger partial charge >= 0.3 is 0 Å². The lowest BCUT2D eigenvalue weighted by atomic mass is 10.2. The molecule has 0 bridgehead atoms. The number of pyridine rings is 1. The van der Waals surface area contributed by atoms with Gasteiger partial charge in [0.15, 0.2) is 0 Å². The van der Waals surface area contributed by atoms with E-state index in [0.29, 0.717) is 21.5 Å². The number of aromatic nitrogens is 1. The van der Waals surface area contributed by atoms with E-state index in [1.807, 2.05) is 13.8 Å². The Morgan fingerprint density at radius 1 is 1.24 bits per heavy atom. The van der Waals surface area contributed by atoms with Crippen LogP contribution in [0.4, 0.5) is 5.69 Å². The van der Waals surface area contributed by atoms with Crippen LogP contribution < -0.4 is 10.1 Å². The summed E-state index contributed by atoms with van der Waals surface area (Å²) in [5.74, 6) is 0.735. The van der Waals surface area contributed by atoms with Crippen LogP contribution in [0.3, 0.4) is 0 Å². The average Bonchev–Trinajstić information content (AvgIpc) is 2.43. The van der Waals surface area contributed by atoms with Crippen LogP contribution in [-0.4, -0.2) is 10.9 Å². The van der Waals surface area contributed by atoms with E-state index in [0.717, 1.165) is 0 Å². The standard InChI is InChI=1S/C15H14Cl2N2O2/c1-9(2)14(20)19-11-3-5-12(6-4-11)21-15-13(17)7-10(16)8-18-15/h3-9H,1-2H3,(H,19,20). The molecule has 0 atom stereocenters. The minimum atomic E-state index is -0.0713. The normalized spacial score (nSPS) is 10.5. The highest BCUT2D eigenvalue weighted by molar-refractivity contribution is 6.35. The number of anilines is 1. The van der Waals surface area contributed by atoms with Crippen LogP contribution in [0.25, 0.3) is 0 Å². The number of benzene rings is 1. The molecule has 1 amide bonds. The molecule has 0 spiro atoms. The maximum atomic E-state index is 11.6. The minimum Gasteiger partial charge on any atom is -0.438 e. The topological polar surface area (TPSA) is 51.2 Å². The fraction of sp³-hybridized carbons (Fsp3) is 0.200. The second-order valence-corrected chi connectivity index (χ2v) is 5.55. The van der Waals surface area contributed by atoms with Gasteiger partial charge in [0.05, 0.1) is 5.02 Å². The van der Waals surface area contributed by atoms with Gasteiger partial charge < -0.3 is 10.1 Å². The molecule has 0 aliphatic carbocycles. The van der Waals surface area contributed by atoms with Gasteiger partial charge in [-0.25, -0.2) is 4.98 Å². The predicted molar refractivity (Wildman–Crippen MR) is 84.2 cm³/mol. The van der Waals surface area contributed by atoms with Crippen molar-refractivity contribution in [3.8, 4) is 11.6 Å². The van der Waals surface area contributed by atoms with Crippen LogP contribution in [0.2, 0.25) is 10.0 Å². The van der Waals surface area contributed by atoms with Gasteiger partial charge in [-0.05, 0) is 30.3 Å². The zero-order valence-electron chi connectivity index (χ0n) is 11.6. The highest BCUT2D eigenvalue weighted by atomic mass is 35.5. The van der Waals surface area contributed by atoms with E-state index < -0.39 is 0 Å². The highest BCUT2D eigenvalue weighted by Gasteiger charge is 2.08. The summed E-state index contributed by atoms with van der Waals surface area (Å²) in [7, 11) is 0. The Balaban J connectivity index is 2.07. The van der Waals surface area contributed by atoms with E-state index in [-0.39, 0.29) is 17.7 Å². The van der Waals surface area contributed by atoms with Crippen molar-refractivity contribution < 1.29 is 9.53 Å². The number of carbonyl (C=O) groups is 1. The average molecular weight is 325 g/mol. The van der Waals surface area contributed by atoms with Crippen LogP contribution in [0.5, 0.6) is 11.6 Å². The van der Waals surface area contributed by atoms with Crippen LogP contribution in [-0.2, 0) is 4.79 Å². The van der Waals surface area contributed by atoms with Crippen LogP contribution in [0.15, 0.2) is 36.5 Å². The van der Waals surface area contributed by atoms with E-state index in [4.69, 9.17) is 27.9 Å². The maximum absolute atomic E-state index is 11.6. The second-order valence-electron chi connectivity index (χ2n) is 4.71. The van der Waals surface area contributed by atoms with E-state index >= 15 is 0 Å². The summed E-state index contributed by atoms with van der Waals surface area (Å²) in [5, 5.41) is 3.57. The molecule has 0 fully saturated rings. The molecule has 21 heavy (non-hydrogen) atoms. The SMILES string of the molecule is CC(C)C(=O)Nc1ccc(Oc2ncc(Cl)cc2Cl)cc1. The first kappa shape index (κ1) is 15.6. The molecule has 0 aliphatic rings. The molecule has 2 aromatic rings. The number of hydrogen-bond acceptors (Lipinski definition) is 3. The summed E-state index contributed by atoms with van der Waals surface area (Å²) in [6, 6.07) is 8.51. The molecule has 0 unspecified atom stereocenters. The van der Waals surface area contributed by atoms with Gasteiger partial charge in [0.2, 0.25) is 11.8 Å². The smallest absolute Gasteiger partial charge is 0.238 e. The first-order chi connectivity index (χ1) is 9.95. The first-order valence-corrected chi connectivity index (χ1v) is 7.11. The van der Waals surface area contributed by atoms with Gasteiger partial charge in [-0.15, -0.1) is 0 Å². The summed E-state index contributed by atoms with van der Waals surface area (Å²) in [5.41, 5.74) is 0.705. The molecule has 1 heterocycles. The van der Waals surface area contributed by atoms with Gasteiger partial charge in [-0.1, -0.05) is 37.0 Å². The number of carbonyl (C=O) groups excluding carboxylic acids is 1. The monoisotopic (exact) mass is 324 g/mol. The Kier molecular flexibility index (Phi) is 5.04. The number of rotatable bonds is 4. The van der Waals surface area contributed by atoms with Gasteiger partial charge in [-0.3, -0.25) is 4.79 Å². The second kappa shape index (κ2) is 6.78. The number of amides is 1. The Morgan fingerprint density at radius 2 is 1.90 bits per heavy atom. The Hall–Kier alpha value is -1.78. The Morgan fingerprint density at radius 3 is 2.48 bits per heavy atom. The molecule has 1 N–H and O–H groups in total. The molecule has 0 radical (unpaired) electrons. The van der Waals surface area contributed by atoms with Gasteiger partial charge in [0, 0.05) is 17.8 Å². The lowest BCUT2D eigenvalue weighted by Crippen LogP contribution is -2.17. The molecule has 6 heteroatoms. The molecule has 1 aromatic carbocycles. The molecule has 0 saturated carbocycles. The minimum absolute atomic E-state index is 0.0360. The summed E-state index contributed by atoms with van der Waals surface area (Å²) in [6.45, 7) is 3.67. The lowest BCUT2D eigenvalue weighted by molar-refractivity contribution is -0.118. The lowest BCUT2D eigenvalue weighted by Gasteiger charge is -2.09. The predicted octanol–water partition coefficient (Wildman–Crippen LogP) is 4.78. The zero-order valence-corrected chi connectivity index (χ0v) is 13.1. The van der Waals surface area contributed by atoms with Crippen molar-refractivity contribution in [2.45, 2.75) is 13.8 Å². The van der Waals surface area contributed by atoms with E-state index in [1.165, 1.54) is 6.20 Å². The third-order valence-electron chi connectivity index (χ3n) is 2.63. The van der Waals surface area contributed by atoms with Crippen molar-refractivity contribution in [3.63, 3.8) is 0 Å². The molecular formula is C15H14Cl2N2O2. The molecule has 1 aromatic heterocycles. The van der Waals surface area contributed by atoms with Crippen molar-refractivity contribution in [1.29, 1.82) is 0 Å². The Labute approximate surface area is 133 Å². The molecule has 110 valence electrons. The molecule has 4 nitrogen and oxygen atoms in total. The van der Waals surface area contributed by atoms with Crippen LogP contribution in [0.1, 0.15) is 13.8 Å². The van der Waals surface area contributed by atoms with Crippen molar-refractivity contribution in [1.82, 2.24) is 4.98 Å². The number of nitrogens with one attached hydrogen (secondary N) is 1. The number of hydrogen-bond donors (Lipinski definition) is 1. The van der Waals surface area contributed by atoms with E-state index in [2.05, 4.69) is 10.3 Å². The summed E-state index contributed by atoms with van der Waals surface area (Å²) in [4.78, 5) is 15.6. The largest absolute Gasteiger partial charge is 0.438 e. The highest BCUT2D eigenvalue weighted by Crippen LogP contribution is 2.29. The third-order valence-corrected chi connectivity index (χ3v) is 3.11. The van der Waals surface area contributed by atoms with Crippen molar-refractivity contribution in [2.75, 3.05) is 5.32 Å². The Bertz CT molecular complexity index is 643. The summed E-state index contributed by atoms with van der Waals surface area (Å²) >= 11 is 11.8. The van der Waals surface area contributed by atoms with Gasteiger partial charge in [0.1, 0.15) is 10.8 Å². The van der Waals surface area contributed by atoms with Crippen molar-refractivity contribution in [2.24, 2.45) is 5.92 Å². The van der Waals surface area contributed by atoms with Crippen LogP contribution in [0, 0.1) is 5.92 Å². The molecular weight excluding hydrogens is 311 g/mol. The fourth-order valence-electron chi connectivity index (χ4n) is 1.48. The van der Waals surface area contributed by atoms with E-state index in [1.54, 1.807) is 30.3 Å². The van der Waals surface area contributed by atoms with Gasteiger partial charge in [0.25, 0.3) is 0 Å². The fourth-order valence-corrected chi connectivity index (χ4v) is 1.90. The first-order valence-electron chi connectivity index (χ1n) is 6.35. The molecule has 2 rings (SSSR count). The van der Waals surface area contributed by atoms with Crippen molar-refractivity contribution >= 4 is 34.8 Å². The summed E-state index contributed by atoms with van der Waals surface area (Å²) in [6.07, 6.45) is 1.46. The van der Waals surface area contributed by atoms with Gasteiger partial charge in [-0.2, -0.15) is 0 Å². The summed E-state index contributed by atoms with van der Waals surface area (Å²) < 4.78 is 5.56. The zero-order chi connectivity index (χ0) is 15.4. The van der Waals surface area contributed by atoms with E-state index in [9.17, 15) is 4.79 Å². The maximum Gasteiger partial charge on any atom is 0.238 e. The molecule has 0 saturated heterocycles. The number of ether oxygens (including phenoxy) is 1. The molecule has 0 aliphatic heterocycles. The number of halogens is 2. The third kappa shape index (κ3) is 4.34. The van der Waals surface area contributed by atoms with Crippen LogP contribution >= 0.6 is 23.2 Å². The van der Waals surface area contributed by atoms with Crippen molar-refractivity contribution in [3.05, 3.63) is 46.6 Å².